The summed E-state index contributed by atoms with van der Waals surface area (Å²) in [6.07, 6.45) is 3.91. The van der Waals surface area contributed by atoms with Crippen LogP contribution in [0.1, 0.15) is 47.4 Å². The van der Waals surface area contributed by atoms with Gasteiger partial charge in [0.25, 0.3) is 11.8 Å². The first-order chi connectivity index (χ1) is 13.0. The molecule has 146 valence electrons. The minimum atomic E-state index is -0.489. The minimum absolute atomic E-state index is 0. The van der Waals surface area contributed by atoms with Gasteiger partial charge in [-0.2, -0.15) is 4.98 Å². The van der Waals surface area contributed by atoms with E-state index in [1.54, 1.807) is 12.1 Å². The Kier molecular flexibility index (Phi) is 5.82. The smallest absolute Gasteiger partial charge is 0.258 e. The molecule has 0 radical (unpaired) electrons. The highest BCUT2D eigenvalue weighted by Crippen LogP contribution is 2.35. The van der Waals surface area contributed by atoms with E-state index in [4.69, 9.17) is 10.3 Å². The number of aromatic nitrogens is 2. The summed E-state index contributed by atoms with van der Waals surface area (Å²) in [6.45, 7) is 1.94. The maximum absolute atomic E-state index is 12.5. The largest absolute Gasteiger partial charge is 0.334 e. The van der Waals surface area contributed by atoms with Crippen molar-refractivity contribution in [2.45, 2.75) is 38.1 Å². The number of halogens is 1. The van der Waals surface area contributed by atoms with E-state index in [2.05, 4.69) is 15.5 Å². The van der Waals surface area contributed by atoms with Gasteiger partial charge in [0, 0.05) is 16.8 Å². The minimum Gasteiger partial charge on any atom is -0.334 e. The molecule has 1 amide bonds. The number of nitrogens with two attached hydrogens (primary N) is 1. The van der Waals surface area contributed by atoms with Crippen LogP contribution in [0.15, 0.2) is 53.1 Å². The highest BCUT2D eigenvalue weighted by atomic mass is 35.5. The van der Waals surface area contributed by atoms with Crippen LogP contribution in [0.2, 0.25) is 0 Å². The molecule has 3 N–H and O–H groups in total. The molecule has 0 aliphatic heterocycles. The molecule has 1 aliphatic rings. The van der Waals surface area contributed by atoms with Crippen LogP contribution in [0.25, 0.3) is 11.5 Å². The third kappa shape index (κ3) is 3.93. The standard InChI is InChI=1S/C21H22N4O2.ClH/c1-14-9-10-16(13-17(14)23-18(26)15-7-3-2-4-8-15)19-24-20(25-27-19)21(22)11-5-6-12-21;/h2-4,7-10,13H,5-6,11-12,22H2,1H3,(H,23,26);1H. The number of carbonyl (C=O) groups is 1. The molecule has 1 aliphatic carbocycles. The van der Waals surface area contributed by atoms with E-state index in [-0.39, 0.29) is 18.3 Å². The van der Waals surface area contributed by atoms with Crippen LogP contribution in [-0.2, 0) is 5.54 Å². The van der Waals surface area contributed by atoms with Crippen LogP contribution in [0, 0.1) is 6.92 Å². The Labute approximate surface area is 169 Å². The lowest BCUT2D eigenvalue weighted by molar-refractivity contribution is 0.102. The number of amides is 1. The molecule has 0 unspecified atom stereocenters. The summed E-state index contributed by atoms with van der Waals surface area (Å²) in [5.74, 6) is 0.816. The van der Waals surface area contributed by atoms with Crippen LogP contribution in [0.4, 0.5) is 5.69 Å². The van der Waals surface area contributed by atoms with Crippen molar-refractivity contribution in [2.24, 2.45) is 5.73 Å². The molecule has 28 heavy (non-hydrogen) atoms. The van der Waals surface area contributed by atoms with E-state index < -0.39 is 5.54 Å². The third-order valence-corrected chi connectivity index (χ3v) is 5.14. The number of hydrogen-bond acceptors (Lipinski definition) is 5. The number of nitrogens with zero attached hydrogens (tertiary/aromatic N) is 2. The Morgan fingerprint density at radius 2 is 1.86 bits per heavy atom. The van der Waals surface area contributed by atoms with Gasteiger partial charge in [-0.05, 0) is 49.6 Å². The molecule has 4 rings (SSSR count). The predicted octanol–water partition coefficient (Wildman–Crippen LogP) is 4.45. The first kappa shape index (κ1) is 20.0. The van der Waals surface area contributed by atoms with Gasteiger partial charge in [0.1, 0.15) is 0 Å². The van der Waals surface area contributed by atoms with Crippen LogP contribution in [0.5, 0.6) is 0 Å². The topological polar surface area (TPSA) is 94.0 Å². The van der Waals surface area contributed by atoms with Gasteiger partial charge in [-0.25, -0.2) is 0 Å². The molecule has 0 spiro atoms. The van der Waals surface area contributed by atoms with Crippen molar-refractivity contribution in [1.82, 2.24) is 10.1 Å². The van der Waals surface area contributed by atoms with Gasteiger partial charge in [0.2, 0.25) is 0 Å². The molecular formula is C21H23ClN4O2. The molecule has 0 bridgehead atoms. The number of nitrogens with one attached hydrogen (secondary N) is 1. The quantitative estimate of drug-likeness (QED) is 0.677. The van der Waals surface area contributed by atoms with Gasteiger partial charge in [0.15, 0.2) is 5.82 Å². The zero-order valence-corrected chi connectivity index (χ0v) is 16.5. The second kappa shape index (κ2) is 8.12. The van der Waals surface area contributed by atoms with Gasteiger partial charge in [0.05, 0.1) is 5.54 Å². The van der Waals surface area contributed by atoms with Gasteiger partial charge in [-0.1, -0.05) is 42.3 Å². The second-order valence-electron chi connectivity index (χ2n) is 7.14. The van der Waals surface area contributed by atoms with Gasteiger partial charge < -0.3 is 15.6 Å². The molecule has 6 nitrogen and oxygen atoms in total. The highest BCUT2D eigenvalue weighted by Gasteiger charge is 2.36. The molecule has 0 atom stereocenters. The zero-order chi connectivity index (χ0) is 18.9. The van der Waals surface area contributed by atoms with Crippen LogP contribution >= 0.6 is 12.4 Å². The molecule has 1 aromatic heterocycles. The van der Waals surface area contributed by atoms with E-state index in [0.29, 0.717) is 23.0 Å². The Balaban J connectivity index is 0.00000225. The van der Waals surface area contributed by atoms with Gasteiger partial charge >= 0.3 is 0 Å². The molecule has 0 saturated heterocycles. The second-order valence-corrected chi connectivity index (χ2v) is 7.14. The van der Waals surface area contributed by atoms with E-state index in [9.17, 15) is 4.79 Å². The number of benzene rings is 2. The van der Waals surface area contributed by atoms with E-state index in [0.717, 1.165) is 36.8 Å². The number of carbonyl (C=O) groups excluding carboxylic acids is 1. The average molecular weight is 399 g/mol. The number of aryl methyl sites for hydroxylation is 1. The fraction of sp³-hybridized carbons (Fsp3) is 0.286. The first-order valence-corrected chi connectivity index (χ1v) is 9.16. The van der Waals surface area contributed by atoms with Crippen molar-refractivity contribution in [3.63, 3.8) is 0 Å². The van der Waals surface area contributed by atoms with Gasteiger partial charge in [-0.15, -0.1) is 12.4 Å². The van der Waals surface area contributed by atoms with Gasteiger partial charge in [-0.3, -0.25) is 4.79 Å². The van der Waals surface area contributed by atoms with Crippen molar-refractivity contribution >= 4 is 24.0 Å². The van der Waals surface area contributed by atoms with Crippen LogP contribution in [-0.4, -0.2) is 16.0 Å². The fourth-order valence-electron chi connectivity index (χ4n) is 3.45. The number of rotatable bonds is 4. The molecule has 3 aromatic rings. The van der Waals surface area contributed by atoms with Crippen LogP contribution < -0.4 is 11.1 Å². The van der Waals surface area contributed by atoms with E-state index in [1.165, 1.54) is 0 Å². The van der Waals surface area contributed by atoms with Crippen molar-refractivity contribution < 1.29 is 9.32 Å². The lowest BCUT2D eigenvalue weighted by atomic mass is 9.98. The average Bonchev–Trinajstić information content (AvgIpc) is 3.34. The zero-order valence-electron chi connectivity index (χ0n) is 15.6. The molecule has 1 fully saturated rings. The summed E-state index contributed by atoms with van der Waals surface area (Å²) in [7, 11) is 0. The van der Waals surface area contributed by atoms with Crippen molar-refractivity contribution in [2.75, 3.05) is 5.32 Å². The number of anilines is 1. The fourth-order valence-corrected chi connectivity index (χ4v) is 3.45. The first-order valence-electron chi connectivity index (χ1n) is 9.16. The van der Waals surface area contributed by atoms with Crippen molar-refractivity contribution in [3.05, 3.63) is 65.5 Å². The summed E-state index contributed by atoms with van der Waals surface area (Å²) in [6, 6.07) is 14.8. The third-order valence-electron chi connectivity index (χ3n) is 5.14. The Bertz CT molecular complexity index is 966. The summed E-state index contributed by atoms with van der Waals surface area (Å²) in [5, 5.41) is 7.06. The molecular weight excluding hydrogens is 376 g/mol. The summed E-state index contributed by atoms with van der Waals surface area (Å²) < 4.78 is 5.46. The van der Waals surface area contributed by atoms with Crippen molar-refractivity contribution in [3.8, 4) is 11.5 Å². The van der Waals surface area contributed by atoms with E-state index >= 15 is 0 Å². The summed E-state index contributed by atoms with van der Waals surface area (Å²) in [5.41, 5.74) is 8.95. The molecule has 7 heteroatoms. The van der Waals surface area contributed by atoms with Crippen molar-refractivity contribution in [1.29, 1.82) is 0 Å². The maximum Gasteiger partial charge on any atom is 0.258 e. The van der Waals surface area contributed by atoms with E-state index in [1.807, 2.05) is 43.3 Å². The SMILES string of the molecule is Cc1ccc(-c2nc(C3(N)CCCC3)no2)cc1NC(=O)c1ccccc1.Cl. The lowest BCUT2D eigenvalue weighted by Gasteiger charge is -2.17. The lowest BCUT2D eigenvalue weighted by Crippen LogP contribution is -2.34. The Morgan fingerprint density at radius 3 is 2.57 bits per heavy atom. The monoisotopic (exact) mass is 398 g/mol. The summed E-state index contributed by atoms with van der Waals surface area (Å²) >= 11 is 0. The number of hydrogen-bond donors (Lipinski definition) is 2. The Hall–Kier alpha value is -2.70. The normalized spacial score (nSPS) is 15.1. The molecule has 2 aromatic carbocycles. The highest BCUT2D eigenvalue weighted by molar-refractivity contribution is 6.04. The molecule has 1 heterocycles. The maximum atomic E-state index is 12.5. The Morgan fingerprint density at radius 1 is 1.14 bits per heavy atom. The van der Waals surface area contributed by atoms with Crippen LogP contribution in [0.3, 0.4) is 0 Å². The predicted molar refractivity (Wildman–Crippen MR) is 110 cm³/mol. The molecule has 1 saturated carbocycles. The summed E-state index contributed by atoms with van der Waals surface area (Å²) in [4.78, 5) is 17.0.